The van der Waals surface area contributed by atoms with E-state index in [1.54, 1.807) is 0 Å². The van der Waals surface area contributed by atoms with Crippen LogP contribution < -0.4 is 0 Å². The molecule has 0 atom stereocenters. The van der Waals surface area contributed by atoms with Crippen molar-refractivity contribution in [3.8, 4) is 0 Å². The normalized spacial score (nSPS) is 10.5. The first-order valence-electron chi connectivity index (χ1n) is 6.73. The Hall–Kier alpha value is -1.89. The maximum absolute atomic E-state index is 12.3. The van der Waals surface area contributed by atoms with E-state index < -0.39 is 0 Å². The van der Waals surface area contributed by atoms with Crippen LogP contribution in [0, 0.1) is 20.8 Å². The second-order valence-electron chi connectivity index (χ2n) is 5.18. The van der Waals surface area contributed by atoms with E-state index in [0.717, 1.165) is 23.1 Å². The smallest absolute Gasteiger partial charge is 0.163 e. The summed E-state index contributed by atoms with van der Waals surface area (Å²) in [6.07, 6.45) is 1.39. The fraction of sp³-hybridized carbons (Fsp3) is 0.278. The fourth-order valence-corrected chi connectivity index (χ4v) is 2.39. The molecule has 0 bridgehead atoms. The molecule has 0 unspecified atom stereocenters. The van der Waals surface area contributed by atoms with E-state index in [1.807, 2.05) is 32.0 Å². The molecular weight excluding hydrogens is 232 g/mol. The van der Waals surface area contributed by atoms with Crippen LogP contribution in [-0.4, -0.2) is 5.78 Å². The Morgan fingerprint density at radius 3 is 2.05 bits per heavy atom. The van der Waals surface area contributed by atoms with Gasteiger partial charge in [0.1, 0.15) is 0 Å². The van der Waals surface area contributed by atoms with Gasteiger partial charge in [-0.25, -0.2) is 0 Å². The molecule has 0 aliphatic carbocycles. The summed E-state index contributed by atoms with van der Waals surface area (Å²) >= 11 is 0. The van der Waals surface area contributed by atoms with Gasteiger partial charge in [0.2, 0.25) is 0 Å². The molecule has 0 fully saturated rings. The first kappa shape index (κ1) is 13.5. The SMILES string of the molecule is Cc1ccc(CCC(=O)c2c(C)cccc2C)cc1. The maximum Gasteiger partial charge on any atom is 0.163 e. The lowest BCUT2D eigenvalue weighted by molar-refractivity contribution is 0.0981. The number of benzene rings is 2. The average Bonchev–Trinajstić information content (AvgIpc) is 2.38. The second kappa shape index (κ2) is 5.83. The third-order valence-corrected chi connectivity index (χ3v) is 3.52. The van der Waals surface area contributed by atoms with Gasteiger partial charge in [0.15, 0.2) is 5.78 Å². The molecular formula is C18H20O. The highest BCUT2D eigenvalue weighted by molar-refractivity contribution is 5.98. The van der Waals surface area contributed by atoms with Crippen LogP contribution in [0.2, 0.25) is 0 Å². The standard InChI is InChI=1S/C18H20O/c1-13-7-9-16(10-8-13)11-12-17(19)18-14(2)5-4-6-15(18)3/h4-10H,11-12H2,1-3H3. The number of aryl methyl sites for hydroxylation is 4. The topological polar surface area (TPSA) is 17.1 Å². The number of carbonyl (C=O) groups excluding carboxylic acids is 1. The summed E-state index contributed by atoms with van der Waals surface area (Å²) in [4.78, 5) is 12.3. The molecule has 0 aromatic heterocycles. The molecule has 0 radical (unpaired) electrons. The zero-order valence-electron chi connectivity index (χ0n) is 11.9. The fourth-order valence-electron chi connectivity index (χ4n) is 2.39. The zero-order valence-corrected chi connectivity index (χ0v) is 11.9. The minimum Gasteiger partial charge on any atom is -0.294 e. The highest BCUT2D eigenvalue weighted by Gasteiger charge is 2.11. The van der Waals surface area contributed by atoms with Crippen molar-refractivity contribution in [2.45, 2.75) is 33.6 Å². The third kappa shape index (κ3) is 3.31. The molecule has 0 saturated carbocycles. The Balaban J connectivity index is 2.07. The molecule has 1 heteroatoms. The molecule has 0 N–H and O–H groups in total. The van der Waals surface area contributed by atoms with Crippen LogP contribution >= 0.6 is 0 Å². The van der Waals surface area contributed by atoms with Gasteiger partial charge in [0, 0.05) is 12.0 Å². The summed E-state index contributed by atoms with van der Waals surface area (Å²) in [6.45, 7) is 6.09. The van der Waals surface area contributed by atoms with E-state index in [2.05, 4.69) is 31.2 Å². The molecule has 19 heavy (non-hydrogen) atoms. The van der Waals surface area contributed by atoms with Crippen LogP contribution in [0.5, 0.6) is 0 Å². The monoisotopic (exact) mass is 252 g/mol. The van der Waals surface area contributed by atoms with Crippen LogP contribution in [0.15, 0.2) is 42.5 Å². The van der Waals surface area contributed by atoms with E-state index in [9.17, 15) is 4.79 Å². The molecule has 2 rings (SSSR count). The molecule has 0 aliphatic heterocycles. The first-order valence-corrected chi connectivity index (χ1v) is 6.73. The van der Waals surface area contributed by atoms with E-state index >= 15 is 0 Å². The van der Waals surface area contributed by atoms with Crippen molar-refractivity contribution >= 4 is 5.78 Å². The number of Topliss-reactive ketones (excluding diaryl/α,β-unsaturated/α-hetero) is 1. The predicted molar refractivity (Wildman–Crippen MR) is 79.7 cm³/mol. The van der Waals surface area contributed by atoms with Gasteiger partial charge in [0.25, 0.3) is 0 Å². The van der Waals surface area contributed by atoms with Crippen molar-refractivity contribution in [1.82, 2.24) is 0 Å². The molecule has 0 amide bonds. The van der Waals surface area contributed by atoms with E-state index in [0.29, 0.717) is 6.42 Å². The summed E-state index contributed by atoms with van der Waals surface area (Å²) in [5.74, 6) is 0.246. The van der Waals surface area contributed by atoms with Crippen molar-refractivity contribution in [1.29, 1.82) is 0 Å². The summed E-state index contributed by atoms with van der Waals surface area (Å²) in [5, 5.41) is 0. The molecule has 0 spiro atoms. The highest BCUT2D eigenvalue weighted by Crippen LogP contribution is 2.17. The van der Waals surface area contributed by atoms with Crippen LogP contribution in [-0.2, 0) is 6.42 Å². The first-order chi connectivity index (χ1) is 9.08. The Morgan fingerprint density at radius 1 is 0.895 bits per heavy atom. The van der Waals surface area contributed by atoms with Crippen molar-refractivity contribution in [2.24, 2.45) is 0 Å². The molecule has 0 saturated heterocycles. The summed E-state index contributed by atoms with van der Waals surface area (Å²) in [6, 6.07) is 14.4. The Morgan fingerprint density at radius 2 is 1.47 bits per heavy atom. The van der Waals surface area contributed by atoms with Gasteiger partial charge in [-0.1, -0.05) is 48.0 Å². The maximum atomic E-state index is 12.3. The van der Waals surface area contributed by atoms with Crippen LogP contribution in [0.1, 0.15) is 39.0 Å². The average molecular weight is 252 g/mol. The van der Waals surface area contributed by atoms with Crippen molar-refractivity contribution in [2.75, 3.05) is 0 Å². The zero-order chi connectivity index (χ0) is 13.8. The molecule has 98 valence electrons. The Labute approximate surface area is 115 Å². The lowest BCUT2D eigenvalue weighted by atomic mass is 9.95. The largest absolute Gasteiger partial charge is 0.294 e. The van der Waals surface area contributed by atoms with Crippen LogP contribution in [0.4, 0.5) is 0 Å². The van der Waals surface area contributed by atoms with E-state index in [-0.39, 0.29) is 5.78 Å². The van der Waals surface area contributed by atoms with Gasteiger partial charge in [-0.2, -0.15) is 0 Å². The summed E-state index contributed by atoms with van der Waals surface area (Å²) < 4.78 is 0. The third-order valence-electron chi connectivity index (χ3n) is 3.52. The molecule has 2 aromatic rings. The van der Waals surface area contributed by atoms with Crippen LogP contribution in [0.25, 0.3) is 0 Å². The minimum absolute atomic E-state index is 0.246. The molecule has 1 nitrogen and oxygen atoms in total. The van der Waals surface area contributed by atoms with Crippen molar-refractivity contribution in [3.63, 3.8) is 0 Å². The van der Waals surface area contributed by atoms with Crippen molar-refractivity contribution < 1.29 is 4.79 Å². The number of hydrogen-bond acceptors (Lipinski definition) is 1. The van der Waals surface area contributed by atoms with Gasteiger partial charge in [0.05, 0.1) is 0 Å². The Bertz CT molecular complexity index is 559. The van der Waals surface area contributed by atoms with Crippen LogP contribution in [0.3, 0.4) is 0 Å². The number of rotatable bonds is 4. The second-order valence-corrected chi connectivity index (χ2v) is 5.18. The van der Waals surface area contributed by atoms with Crippen molar-refractivity contribution in [3.05, 3.63) is 70.3 Å². The lowest BCUT2D eigenvalue weighted by Gasteiger charge is -2.08. The van der Waals surface area contributed by atoms with Gasteiger partial charge >= 0.3 is 0 Å². The summed E-state index contributed by atoms with van der Waals surface area (Å²) in [7, 11) is 0. The predicted octanol–water partition coefficient (Wildman–Crippen LogP) is 4.43. The Kier molecular flexibility index (Phi) is 4.16. The quantitative estimate of drug-likeness (QED) is 0.736. The van der Waals surface area contributed by atoms with Gasteiger partial charge in [-0.3, -0.25) is 4.79 Å². The summed E-state index contributed by atoms with van der Waals surface area (Å²) in [5.41, 5.74) is 5.53. The van der Waals surface area contributed by atoms with E-state index in [4.69, 9.17) is 0 Å². The van der Waals surface area contributed by atoms with Gasteiger partial charge in [-0.15, -0.1) is 0 Å². The molecule has 0 aliphatic rings. The van der Waals surface area contributed by atoms with Gasteiger partial charge < -0.3 is 0 Å². The number of carbonyl (C=O) groups is 1. The lowest BCUT2D eigenvalue weighted by Crippen LogP contribution is -2.06. The molecule has 0 heterocycles. The highest BCUT2D eigenvalue weighted by atomic mass is 16.1. The van der Waals surface area contributed by atoms with Gasteiger partial charge in [-0.05, 0) is 43.9 Å². The number of ketones is 1. The molecule has 2 aromatic carbocycles. The number of hydrogen-bond donors (Lipinski definition) is 0. The minimum atomic E-state index is 0.246. The van der Waals surface area contributed by atoms with E-state index in [1.165, 1.54) is 11.1 Å².